The third kappa shape index (κ3) is 5.71. The molecule has 3 saturated heterocycles. The minimum absolute atomic E-state index is 0. The summed E-state index contributed by atoms with van der Waals surface area (Å²) in [5.41, 5.74) is 0. The minimum atomic E-state index is -0.0854. The van der Waals surface area contributed by atoms with Crippen LogP contribution in [0.5, 0.6) is 0 Å². The molecule has 0 spiro atoms. The van der Waals surface area contributed by atoms with E-state index in [2.05, 4.69) is 22.5 Å². The number of piperidine rings is 1. The summed E-state index contributed by atoms with van der Waals surface area (Å²) in [5.74, 6) is 0.933. The number of aliphatic hydroxyl groups excluding tert-OH is 1. The van der Waals surface area contributed by atoms with Crippen LogP contribution in [0.25, 0.3) is 0 Å². The molecule has 24 heavy (non-hydrogen) atoms. The zero-order chi connectivity index (χ0) is 16.1. The number of aliphatic imine (C=N–C) groups is 1. The molecule has 7 heteroatoms. The Morgan fingerprint density at radius 2 is 2.04 bits per heavy atom. The molecule has 3 N–H and O–H groups in total. The molecule has 6 nitrogen and oxygen atoms in total. The van der Waals surface area contributed by atoms with Crippen molar-refractivity contribution in [3.63, 3.8) is 0 Å². The number of rotatable bonds is 6. The molecule has 3 fully saturated rings. The number of halogens is 1. The number of likely N-dealkylation sites (tertiary alicyclic amines) is 1. The molecule has 3 aliphatic heterocycles. The van der Waals surface area contributed by atoms with Crippen molar-refractivity contribution >= 4 is 29.9 Å². The van der Waals surface area contributed by atoms with Gasteiger partial charge in [0.2, 0.25) is 0 Å². The Kier molecular flexibility index (Phi) is 8.53. The van der Waals surface area contributed by atoms with Gasteiger partial charge >= 0.3 is 0 Å². The Morgan fingerprint density at radius 1 is 1.25 bits per heavy atom. The number of hydrogen-bond acceptors (Lipinski definition) is 4. The Labute approximate surface area is 162 Å². The van der Waals surface area contributed by atoms with Crippen molar-refractivity contribution < 1.29 is 9.84 Å². The van der Waals surface area contributed by atoms with E-state index >= 15 is 0 Å². The largest absolute Gasteiger partial charge is 0.393 e. The van der Waals surface area contributed by atoms with Gasteiger partial charge in [-0.25, -0.2) is 0 Å². The predicted octanol–water partition coefficient (Wildman–Crippen LogP) is 1.33. The summed E-state index contributed by atoms with van der Waals surface area (Å²) >= 11 is 0. The fourth-order valence-corrected chi connectivity index (χ4v) is 3.91. The maximum Gasteiger partial charge on any atom is 0.191 e. The summed E-state index contributed by atoms with van der Waals surface area (Å²) < 4.78 is 5.91. The zero-order valence-corrected chi connectivity index (χ0v) is 17.1. The van der Waals surface area contributed by atoms with Crippen LogP contribution in [0.1, 0.15) is 45.4 Å². The highest BCUT2D eigenvalue weighted by molar-refractivity contribution is 14.0. The lowest BCUT2D eigenvalue weighted by Crippen LogP contribution is -2.47. The van der Waals surface area contributed by atoms with E-state index in [1.165, 1.54) is 12.8 Å². The van der Waals surface area contributed by atoms with Crippen LogP contribution in [-0.2, 0) is 4.74 Å². The molecule has 3 heterocycles. The van der Waals surface area contributed by atoms with E-state index in [1.54, 1.807) is 0 Å². The molecule has 0 saturated carbocycles. The van der Waals surface area contributed by atoms with E-state index in [-0.39, 0.29) is 30.1 Å². The summed E-state index contributed by atoms with van der Waals surface area (Å²) in [6.07, 6.45) is 7.18. The van der Waals surface area contributed by atoms with Gasteiger partial charge in [-0.1, -0.05) is 0 Å². The summed E-state index contributed by atoms with van der Waals surface area (Å²) in [7, 11) is 0. The van der Waals surface area contributed by atoms with Crippen LogP contribution >= 0.6 is 24.0 Å². The monoisotopic (exact) mass is 452 g/mol. The second kappa shape index (κ2) is 10.1. The highest BCUT2D eigenvalue weighted by atomic mass is 127. The zero-order valence-electron chi connectivity index (χ0n) is 14.7. The van der Waals surface area contributed by atoms with Gasteiger partial charge in [0.1, 0.15) is 0 Å². The van der Waals surface area contributed by atoms with Crippen molar-refractivity contribution in [3.05, 3.63) is 0 Å². The molecule has 3 atom stereocenters. The van der Waals surface area contributed by atoms with Gasteiger partial charge in [0.05, 0.1) is 24.4 Å². The molecule has 0 radical (unpaired) electrons. The molecule has 140 valence electrons. The Morgan fingerprint density at radius 3 is 2.67 bits per heavy atom. The molecule has 3 rings (SSSR count). The average Bonchev–Trinajstić information content (AvgIpc) is 3.16. The van der Waals surface area contributed by atoms with Crippen LogP contribution in [0.3, 0.4) is 0 Å². The van der Waals surface area contributed by atoms with Crippen molar-refractivity contribution in [3.8, 4) is 0 Å². The highest BCUT2D eigenvalue weighted by Crippen LogP contribution is 2.34. The van der Waals surface area contributed by atoms with Gasteiger partial charge in [-0.2, -0.15) is 0 Å². The van der Waals surface area contributed by atoms with Crippen LogP contribution in [0.15, 0.2) is 4.99 Å². The Bertz CT molecular complexity index is 402. The van der Waals surface area contributed by atoms with E-state index in [4.69, 9.17) is 9.73 Å². The van der Waals surface area contributed by atoms with Crippen LogP contribution < -0.4 is 10.6 Å². The van der Waals surface area contributed by atoms with Crippen LogP contribution in [0.2, 0.25) is 0 Å². The molecule has 2 bridgehead atoms. The molecule has 0 amide bonds. The third-order valence-corrected chi connectivity index (χ3v) is 5.23. The van der Waals surface area contributed by atoms with Gasteiger partial charge in [0, 0.05) is 26.2 Å². The van der Waals surface area contributed by atoms with E-state index in [9.17, 15) is 5.11 Å². The average molecular weight is 452 g/mol. The third-order valence-electron chi connectivity index (χ3n) is 5.23. The quantitative estimate of drug-likeness (QED) is 0.246. The number of nitrogens with zero attached hydrogens (tertiary/aromatic N) is 2. The molecular weight excluding hydrogens is 419 g/mol. The summed E-state index contributed by atoms with van der Waals surface area (Å²) in [4.78, 5) is 7.16. The molecule has 0 aromatic carbocycles. The van der Waals surface area contributed by atoms with Crippen molar-refractivity contribution in [1.29, 1.82) is 0 Å². The first-order valence-corrected chi connectivity index (χ1v) is 9.35. The van der Waals surface area contributed by atoms with Crippen molar-refractivity contribution in [2.75, 3.05) is 32.7 Å². The van der Waals surface area contributed by atoms with Crippen molar-refractivity contribution in [2.24, 2.45) is 4.99 Å². The lowest BCUT2D eigenvalue weighted by molar-refractivity contribution is 0.0824. The van der Waals surface area contributed by atoms with Gasteiger partial charge in [-0.15, -0.1) is 24.0 Å². The molecule has 0 aromatic heterocycles. The summed E-state index contributed by atoms with van der Waals surface area (Å²) in [5, 5.41) is 16.4. The smallest absolute Gasteiger partial charge is 0.191 e. The van der Waals surface area contributed by atoms with Gasteiger partial charge in [-0.05, 0) is 52.0 Å². The highest BCUT2D eigenvalue weighted by Gasteiger charge is 2.41. The first-order chi connectivity index (χ1) is 11.2. The molecular formula is C17H33IN4O2. The van der Waals surface area contributed by atoms with E-state index in [0.29, 0.717) is 18.2 Å². The van der Waals surface area contributed by atoms with Gasteiger partial charge in [0.25, 0.3) is 0 Å². The summed E-state index contributed by atoms with van der Waals surface area (Å²) in [6.45, 7) is 6.95. The second-order valence-electron chi connectivity index (χ2n) is 7.05. The molecule has 0 aliphatic carbocycles. The summed E-state index contributed by atoms with van der Waals surface area (Å²) in [6, 6.07) is 0.426. The van der Waals surface area contributed by atoms with Gasteiger partial charge in [-0.3, -0.25) is 4.99 Å². The second-order valence-corrected chi connectivity index (χ2v) is 7.05. The van der Waals surface area contributed by atoms with Crippen LogP contribution in [0, 0.1) is 0 Å². The molecule has 3 unspecified atom stereocenters. The first-order valence-electron chi connectivity index (χ1n) is 9.35. The fourth-order valence-electron chi connectivity index (χ4n) is 3.91. The van der Waals surface area contributed by atoms with Crippen LogP contribution in [-0.4, -0.2) is 73.0 Å². The van der Waals surface area contributed by atoms with Gasteiger partial charge < -0.3 is 25.4 Å². The number of fused-ring (bicyclic) bond motifs is 2. The Balaban J connectivity index is 0.00000208. The topological polar surface area (TPSA) is 69.1 Å². The maximum atomic E-state index is 9.54. The Hall–Kier alpha value is -0.120. The normalized spacial score (nSPS) is 31.1. The standard InChI is InChI=1S/C17H32N4O2.HI/c1-2-18-17(20-15-12-14-4-5-16(15)23-14)19-8-3-9-21-10-6-13(22)7-11-21;/h13-16,22H,2-12H2,1H3,(H2,18,19,20);1H. The number of guanidine groups is 1. The van der Waals surface area contributed by atoms with E-state index in [0.717, 1.165) is 64.4 Å². The number of nitrogens with one attached hydrogen (secondary N) is 2. The predicted molar refractivity (Wildman–Crippen MR) is 107 cm³/mol. The minimum Gasteiger partial charge on any atom is -0.393 e. The van der Waals surface area contributed by atoms with Gasteiger partial charge in [0.15, 0.2) is 5.96 Å². The number of hydrogen-bond donors (Lipinski definition) is 3. The maximum absolute atomic E-state index is 9.54. The molecule has 3 aliphatic rings. The van der Waals surface area contributed by atoms with E-state index in [1.807, 2.05) is 0 Å². The molecule has 0 aromatic rings. The SMILES string of the molecule is CCNC(=NCCCN1CCC(O)CC1)NC1CC2CCC1O2.I. The lowest BCUT2D eigenvalue weighted by Gasteiger charge is -2.29. The lowest BCUT2D eigenvalue weighted by atomic mass is 9.96. The van der Waals surface area contributed by atoms with E-state index < -0.39 is 0 Å². The number of aliphatic hydroxyl groups is 1. The fraction of sp³-hybridized carbons (Fsp3) is 0.941. The van der Waals surface area contributed by atoms with Crippen molar-refractivity contribution in [2.45, 2.75) is 69.8 Å². The van der Waals surface area contributed by atoms with Crippen molar-refractivity contribution in [1.82, 2.24) is 15.5 Å². The van der Waals surface area contributed by atoms with Crippen LogP contribution in [0.4, 0.5) is 0 Å². The first kappa shape index (κ1) is 20.2. The number of ether oxygens (including phenoxy) is 1.